The predicted octanol–water partition coefficient (Wildman–Crippen LogP) is 2.32. The molecular weight excluding hydrogens is 340 g/mol. The molecular formula is C18H20N2O4S. The van der Waals surface area contributed by atoms with E-state index in [1.165, 1.54) is 17.4 Å². The molecule has 0 radical (unpaired) electrons. The molecule has 1 aromatic heterocycles. The van der Waals surface area contributed by atoms with Gasteiger partial charge >= 0.3 is 5.97 Å². The Kier molecular flexibility index (Phi) is 7.16. The molecule has 0 fully saturated rings. The van der Waals surface area contributed by atoms with Gasteiger partial charge in [0.25, 0.3) is 5.91 Å². The van der Waals surface area contributed by atoms with Crippen molar-refractivity contribution in [3.63, 3.8) is 0 Å². The summed E-state index contributed by atoms with van der Waals surface area (Å²) in [5, 5.41) is 18.1. The van der Waals surface area contributed by atoms with Crippen LogP contribution in [0.25, 0.3) is 0 Å². The smallest absolute Gasteiger partial charge is 0.335 e. The first kappa shape index (κ1) is 18.7. The molecule has 0 unspecified atom stereocenters. The summed E-state index contributed by atoms with van der Waals surface area (Å²) < 4.78 is 0. The highest BCUT2D eigenvalue weighted by molar-refractivity contribution is 7.08. The Morgan fingerprint density at radius 2 is 1.88 bits per heavy atom. The van der Waals surface area contributed by atoms with Gasteiger partial charge in [0.15, 0.2) is 0 Å². The summed E-state index contributed by atoms with van der Waals surface area (Å²) in [6.45, 7) is 0.895. The van der Waals surface area contributed by atoms with E-state index in [0.29, 0.717) is 37.9 Å². The normalized spacial score (nSPS) is 10.2. The number of hydrogen-bond donors (Lipinski definition) is 3. The van der Waals surface area contributed by atoms with Crippen LogP contribution in [0, 0.1) is 0 Å². The van der Waals surface area contributed by atoms with Crippen molar-refractivity contribution in [1.82, 2.24) is 10.6 Å². The fourth-order valence-corrected chi connectivity index (χ4v) is 2.88. The molecule has 1 heterocycles. The summed E-state index contributed by atoms with van der Waals surface area (Å²) in [6, 6.07) is 8.42. The second-order valence-electron chi connectivity index (χ2n) is 5.48. The molecule has 3 N–H and O–H groups in total. The SMILES string of the molecule is O=C(CCCNC(=O)c1ccsc1)NCCc1cccc(C(=O)O)c1. The molecule has 6 nitrogen and oxygen atoms in total. The van der Waals surface area contributed by atoms with Gasteiger partial charge in [-0.15, -0.1) is 0 Å². The lowest BCUT2D eigenvalue weighted by atomic mass is 10.1. The molecule has 0 saturated heterocycles. The Balaban J connectivity index is 1.60. The average molecular weight is 360 g/mol. The third-order valence-corrected chi connectivity index (χ3v) is 4.24. The van der Waals surface area contributed by atoms with Gasteiger partial charge in [0.2, 0.25) is 5.91 Å². The van der Waals surface area contributed by atoms with Gasteiger partial charge in [-0.25, -0.2) is 4.79 Å². The van der Waals surface area contributed by atoms with Gasteiger partial charge in [-0.3, -0.25) is 9.59 Å². The third-order valence-electron chi connectivity index (χ3n) is 3.56. The van der Waals surface area contributed by atoms with Crippen molar-refractivity contribution in [2.24, 2.45) is 0 Å². The van der Waals surface area contributed by atoms with Crippen LogP contribution in [0.4, 0.5) is 0 Å². The summed E-state index contributed by atoms with van der Waals surface area (Å²) >= 11 is 1.46. The Morgan fingerprint density at radius 1 is 1.04 bits per heavy atom. The van der Waals surface area contributed by atoms with Crippen molar-refractivity contribution in [1.29, 1.82) is 0 Å². The number of thiophene rings is 1. The zero-order chi connectivity index (χ0) is 18.1. The Morgan fingerprint density at radius 3 is 2.60 bits per heavy atom. The summed E-state index contributed by atoms with van der Waals surface area (Å²) in [7, 11) is 0. The van der Waals surface area contributed by atoms with Crippen molar-refractivity contribution in [2.75, 3.05) is 13.1 Å². The fraction of sp³-hybridized carbons (Fsp3) is 0.278. The van der Waals surface area contributed by atoms with Gasteiger partial charge in [0, 0.05) is 30.5 Å². The van der Waals surface area contributed by atoms with Gasteiger partial charge in [0.1, 0.15) is 0 Å². The van der Waals surface area contributed by atoms with Gasteiger partial charge in [-0.1, -0.05) is 12.1 Å². The standard InChI is InChI=1S/C18H20N2O4S/c21-16(5-2-8-20-17(22)15-7-10-25-12-15)19-9-6-13-3-1-4-14(11-13)18(23)24/h1,3-4,7,10-12H,2,5-6,8-9H2,(H,19,21)(H,20,22)(H,23,24). The Bertz CT molecular complexity index is 728. The Labute approximate surface area is 149 Å². The fourth-order valence-electron chi connectivity index (χ4n) is 2.24. The van der Waals surface area contributed by atoms with Crippen LogP contribution in [0.5, 0.6) is 0 Å². The topological polar surface area (TPSA) is 95.5 Å². The van der Waals surface area contributed by atoms with E-state index in [2.05, 4.69) is 10.6 Å². The van der Waals surface area contributed by atoms with Crippen LogP contribution in [-0.4, -0.2) is 36.0 Å². The molecule has 1 aromatic carbocycles. The van der Waals surface area contributed by atoms with Crippen molar-refractivity contribution in [3.8, 4) is 0 Å². The third kappa shape index (κ3) is 6.39. The first-order valence-corrected chi connectivity index (χ1v) is 8.90. The van der Waals surface area contributed by atoms with Gasteiger partial charge in [-0.05, 0) is 42.0 Å². The summed E-state index contributed by atoms with van der Waals surface area (Å²) in [6.07, 6.45) is 1.47. The summed E-state index contributed by atoms with van der Waals surface area (Å²) in [5.74, 6) is -1.17. The number of hydrogen-bond acceptors (Lipinski definition) is 4. The Hall–Kier alpha value is -2.67. The number of rotatable bonds is 9. The van der Waals surface area contributed by atoms with E-state index in [9.17, 15) is 14.4 Å². The van der Waals surface area contributed by atoms with Crippen molar-refractivity contribution < 1.29 is 19.5 Å². The summed E-state index contributed by atoms with van der Waals surface area (Å²) in [5.41, 5.74) is 1.74. The number of amides is 2. The molecule has 0 aliphatic rings. The first-order valence-electron chi connectivity index (χ1n) is 7.95. The second-order valence-corrected chi connectivity index (χ2v) is 6.26. The lowest BCUT2D eigenvalue weighted by Crippen LogP contribution is -2.28. The van der Waals surface area contributed by atoms with Crippen LogP contribution in [-0.2, 0) is 11.2 Å². The van der Waals surface area contributed by atoms with Crippen LogP contribution < -0.4 is 10.6 Å². The first-order chi connectivity index (χ1) is 12.1. The van der Waals surface area contributed by atoms with E-state index in [1.54, 1.807) is 23.6 Å². The average Bonchev–Trinajstić information content (AvgIpc) is 3.13. The lowest BCUT2D eigenvalue weighted by Gasteiger charge is -2.07. The van der Waals surface area contributed by atoms with Crippen LogP contribution in [0.2, 0.25) is 0 Å². The van der Waals surface area contributed by atoms with E-state index in [-0.39, 0.29) is 17.4 Å². The monoisotopic (exact) mass is 360 g/mol. The number of carbonyl (C=O) groups is 3. The molecule has 0 aliphatic heterocycles. The second kappa shape index (κ2) is 9.58. The van der Waals surface area contributed by atoms with Crippen LogP contribution >= 0.6 is 11.3 Å². The van der Waals surface area contributed by atoms with Crippen LogP contribution in [0.15, 0.2) is 41.1 Å². The maximum atomic E-state index is 11.8. The highest BCUT2D eigenvalue weighted by Crippen LogP contribution is 2.06. The minimum atomic E-state index is -0.963. The quantitative estimate of drug-likeness (QED) is 0.598. The van der Waals surface area contributed by atoms with E-state index < -0.39 is 5.97 Å². The largest absolute Gasteiger partial charge is 0.478 e. The van der Waals surface area contributed by atoms with Crippen LogP contribution in [0.3, 0.4) is 0 Å². The highest BCUT2D eigenvalue weighted by Gasteiger charge is 2.06. The molecule has 0 aliphatic carbocycles. The molecule has 132 valence electrons. The van der Waals surface area contributed by atoms with E-state index in [0.717, 1.165) is 5.56 Å². The van der Waals surface area contributed by atoms with E-state index in [1.807, 2.05) is 11.4 Å². The minimum absolute atomic E-state index is 0.0841. The number of benzene rings is 1. The number of nitrogens with one attached hydrogen (secondary N) is 2. The summed E-state index contributed by atoms with van der Waals surface area (Å²) in [4.78, 5) is 34.4. The van der Waals surface area contributed by atoms with Gasteiger partial charge in [-0.2, -0.15) is 11.3 Å². The molecule has 0 saturated carbocycles. The molecule has 0 atom stereocenters. The molecule has 25 heavy (non-hydrogen) atoms. The molecule has 0 spiro atoms. The van der Waals surface area contributed by atoms with E-state index >= 15 is 0 Å². The van der Waals surface area contributed by atoms with Crippen molar-refractivity contribution in [2.45, 2.75) is 19.3 Å². The van der Waals surface area contributed by atoms with Crippen molar-refractivity contribution in [3.05, 3.63) is 57.8 Å². The molecule has 2 rings (SSSR count). The van der Waals surface area contributed by atoms with Gasteiger partial charge < -0.3 is 15.7 Å². The molecule has 0 bridgehead atoms. The number of carboxylic acid groups (broad SMARTS) is 1. The van der Waals surface area contributed by atoms with Crippen LogP contribution in [0.1, 0.15) is 39.1 Å². The predicted molar refractivity (Wildman–Crippen MR) is 96.0 cm³/mol. The minimum Gasteiger partial charge on any atom is -0.478 e. The zero-order valence-electron chi connectivity index (χ0n) is 13.7. The molecule has 7 heteroatoms. The molecule has 2 aromatic rings. The van der Waals surface area contributed by atoms with E-state index in [4.69, 9.17) is 5.11 Å². The highest BCUT2D eigenvalue weighted by atomic mass is 32.1. The molecule has 2 amide bonds. The zero-order valence-corrected chi connectivity index (χ0v) is 14.5. The number of carboxylic acids is 1. The lowest BCUT2D eigenvalue weighted by molar-refractivity contribution is -0.121. The van der Waals surface area contributed by atoms with Gasteiger partial charge in [0.05, 0.1) is 5.56 Å². The number of carbonyl (C=O) groups excluding carboxylic acids is 2. The maximum Gasteiger partial charge on any atom is 0.335 e. The number of aromatic carboxylic acids is 1. The maximum absolute atomic E-state index is 11.8. The van der Waals surface area contributed by atoms with Crippen molar-refractivity contribution >= 4 is 29.1 Å².